The van der Waals surface area contributed by atoms with E-state index < -0.39 is 40.2 Å². The van der Waals surface area contributed by atoms with Gasteiger partial charge in [0.25, 0.3) is 0 Å². The van der Waals surface area contributed by atoms with Crippen molar-refractivity contribution in [3.05, 3.63) is 22.7 Å². The Balaban J connectivity index is 2.03. The average Bonchev–Trinajstić information content (AvgIpc) is 2.94. The van der Waals surface area contributed by atoms with E-state index in [1.54, 1.807) is 0 Å². The number of aromatic nitrogens is 2. The lowest BCUT2D eigenvalue weighted by atomic mass is 10.0. The summed E-state index contributed by atoms with van der Waals surface area (Å²) in [5.74, 6) is 0.0142. The number of rotatable bonds is 29. The quantitative estimate of drug-likeness (QED) is 0.0603. The highest BCUT2D eigenvalue weighted by atomic mass is 31.3. The van der Waals surface area contributed by atoms with Crippen LogP contribution in [0.15, 0.2) is 17.1 Å². The Labute approximate surface area is 256 Å². The Bertz CT molecular complexity index is 998. The Kier molecular flexibility index (Phi) is 22.4. The molecule has 0 amide bonds. The molecule has 0 saturated heterocycles. The highest BCUT2D eigenvalue weighted by Gasteiger charge is 2.34. The molecule has 252 valence electrons. The van der Waals surface area contributed by atoms with Crippen LogP contribution in [0.25, 0.3) is 0 Å². The van der Waals surface area contributed by atoms with Crippen LogP contribution in [0, 0.1) is 0 Å². The predicted octanol–water partition coefficient (Wildman–Crippen LogP) is 5.76. The molecule has 1 aromatic rings. The fraction of sp³-hybridized carbons (Fsp3) is 0.857. The Hall–Kier alpha value is -1.14. The molecule has 43 heavy (non-hydrogen) atoms. The summed E-state index contributed by atoms with van der Waals surface area (Å²) >= 11 is 0. The summed E-state index contributed by atoms with van der Waals surface area (Å²) in [4.78, 5) is 35.0. The summed E-state index contributed by atoms with van der Waals surface area (Å²) < 4.78 is 45.0. The van der Waals surface area contributed by atoms with Gasteiger partial charge in [-0.3, -0.25) is 13.7 Å². The van der Waals surface area contributed by atoms with Crippen LogP contribution in [0.4, 0.5) is 5.82 Å². The lowest BCUT2D eigenvalue weighted by Crippen LogP contribution is -2.32. The van der Waals surface area contributed by atoms with Gasteiger partial charge in [0.2, 0.25) is 0 Å². The van der Waals surface area contributed by atoms with E-state index in [-0.39, 0.29) is 25.6 Å². The summed E-state index contributed by atoms with van der Waals surface area (Å²) in [6.45, 7) is 1.64. The van der Waals surface area contributed by atoms with Crippen molar-refractivity contribution in [2.24, 2.45) is 0 Å². The molecular formula is C28H55N3O10P2. The van der Waals surface area contributed by atoms with Crippen LogP contribution in [0.1, 0.15) is 110 Å². The second-order valence-electron chi connectivity index (χ2n) is 10.8. The maximum Gasteiger partial charge on any atom is 0.479 e. The maximum atomic E-state index is 12.2. The molecule has 0 aliphatic rings. The van der Waals surface area contributed by atoms with Gasteiger partial charge in [-0.15, -0.1) is 0 Å². The minimum atomic E-state index is -4.87. The van der Waals surface area contributed by atoms with Crippen molar-refractivity contribution in [3.8, 4) is 0 Å². The van der Waals surface area contributed by atoms with Gasteiger partial charge in [-0.05, 0) is 12.5 Å². The monoisotopic (exact) mass is 655 g/mol. The first-order valence-corrected chi connectivity index (χ1v) is 19.0. The van der Waals surface area contributed by atoms with E-state index in [2.05, 4.69) is 16.2 Å². The zero-order chi connectivity index (χ0) is 31.8. The standard InChI is InChI=1S/C28H55N3O10P2/c1-2-3-4-5-6-7-8-9-10-11-12-13-14-15-16-17-20-38-21-22-40-43(36,37)41-42(34,35)25-39-26(24-32)23-31-19-18-27(29)30-28(31)33/h18-19,26,32H,2-17,20-25H2,1H3,(H,34,35)(H,36,37)(H2,29,30,33)/t26-/m0/s1. The molecule has 0 fully saturated rings. The Morgan fingerprint density at radius 1 is 0.860 bits per heavy atom. The van der Waals surface area contributed by atoms with Crippen LogP contribution >= 0.6 is 15.4 Å². The smallest absolute Gasteiger partial charge is 0.394 e. The molecule has 0 radical (unpaired) electrons. The molecule has 2 unspecified atom stereocenters. The lowest BCUT2D eigenvalue weighted by molar-refractivity contribution is 0.0182. The fourth-order valence-corrected chi connectivity index (χ4v) is 6.81. The van der Waals surface area contributed by atoms with Crippen molar-refractivity contribution < 1.29 is 42.3 Å². The summed E-state index contributed by atoms with van der Waals surface area (Å²) in [7, 11) is -9.61. The van der Waals surface area contributed by atoms with Crippen molar-refractivity contribution in [3.63, 3.8) is 0 Å². The third-order valence-corrected chi connectivity index (χ3v) is 9.66. The molecule has 0 aliphatic heterocycles. The van der Waals surface area contributed by atoms with Gasteiger partial charge >= 0.3 is 21.1 Å². The van der Waals surface area contributed by atoms with Gasteiger partial charge in [-0.25, -0.2) is 13.7 Å². The Morgan fingerprint density at radius 2 is 1.40 bits per heavy atom. The number of phosphoric ester groups is 1. The number of hydrogen-bond acceptors (Lipinski definition) is 10. The highest BCUT2D eigenvalue weighted by Crippen LogP contribution is 2.59. The van der Waals surface area contributed by atoms with Crippen molar-refractivity contribution >= 4 is 21.2 Å². The molecule has 0 bridgehead atoms. The van der Waals surface area contributed by atoms with E-state index in [1.807, 2.05) is 0 Å². The van der Waals surface area contributed by atoms with Crippen LogP contribution in [0.2, 0.25) is 0 Å². The van der Waals surface area contributed by atoms with E-state index in [0.717, 1.165) is 23.8 Å². The first kappa shape index (κ1) is 39.9. The predicted molar refractivity (Wildman–Crippen MR) is 167 cm³/mol. The van der Waals surface area contributed by atoms with Crippen molar-refractivity contribution in [2.75, 3.05) is 38.5 Å². The number of unbranched alkanes of at least 4 members (excludes halogenated alkanes) is 15. The molecule has 0 spiro atoms. The van der Waals surface area contributed by atoms with Gasteiger partial charge < -0.3 is 30.1 Å². The summed E-state index contributed by atoms with van der Waals surface area (Å²) in [6.07, 6.45) is 19.7. The molecule has 0 saturated carbocycles. The number of ether oxygens (including phenoxy) is 2. The van der Waals surface area contributed by atoms with Gasteiger partial charge in [-0.2, -0.15) is 4.98 Å². The van der Waals surface area contributed by atoms with E-state index in [4.69, 9.17) is 19.7 Å². The minimum absolute atomic E-state index is 0.0142. The minimum Gasteiger partial charge on any atom is -0.394 e. The van der Waals surface area contributed by atoms with Crippen molar-refractivity contribution in [1.82, 2.24) is 9.55 Å². The van der Waals surface area contributed by atoms with Crippen molar-refractivity contribution in [1.29, 1.82) is 0 Å². The number of aliphatic hydroxyl groups is 1. The largest absolute Gasteiger partial charge is 0.479 e. The Morgan fingerprint density at radius 3 is 1.91 bits per heavy atom. The lowest BCUT2D eigenvalue weighted by Gasteiger charge is -2.20. The van der Waals surface area contributed by atoms with Gasteiger partial charge in [0.05, 0.1) is 32.5 Å². The maximum absolute atomic E-state index is 12.2. The second kappa shape index (κ2) is 24.1. The molecule has 0 aliphatic carbocycles. The number of nitrogen functional groups attached to an aromatic ring is 1. The molecule has 5 N–H and O–H groups in total. The first-order chi connectivity index (χ1) is 20.6. The number of hydrogen-bond donors (Lipinski definition) is 4. The van der Waals surface area contributed by atoms with E-state index in [9.17, 15) is 28.8 Å². The molecule has 13 nitrogen and oxygen atoms in total. The SMILES string of the molecule is CCCCCCCCCCCCCCCCCCOCCOP(=O)(O)OP(=O)(O)CO[C@H](CO)Cn1ccc(N)nc1=O. The molecule has 1 heterocycles. The summed E-state index contributed by atoms with van der Waals surface area (Å²) in [5.41, 5.74) is 4.72. The third kappa shape index (κ3) is 22.1. The van der Waals surface area contributed by atoms with E-state index in [0.29, 0.717) is 6.61 Å². The topological polar surface area (TPSA) is 193 Å². The van der Waals surface area contributed by atoms with Gasteiger partial charge in [0.1, 0.15) is 12.2 Å². The zero-order valence-electron chi connectivity index (χ0n) is 25.9. The second-order valence-corrected chi connectivity index (χ2v) is 14.2. The van der Waals surface area contributed by atoms with E-state index in [1.165, 1.54) is 95.7 Å². The molecule has 3 atom stereocenters. The number of anilines is 1. The molecule has 1 aromatic heterocycles. The highest BCUT2D eigenvalue weighted by molar-refractivity contribution is 7.63. The number of nitrogens with two attached hydrogens (primary N) is 1. The summed E-state index contributed by atoms with van der Waals surface area (Å²) in [6, 6.07) is 1.36. The third-order valence-electron chi connectivity index (χ3n) is 6.83. The van der Waals surface area contributed by atoms with Crippen molar-refractivity contribution in [2.45, 2.75) is 122 Å². The molecule has 0 aromatic carbocycles. The van der Waals surface area contributed by atoms with Crippen LogP contribution in [0.3, 0.4) is 0 Å². The molecule has 15 heteroatoms. The van der Waals surface area contributed by atoms with Crippen LogP contribution in [0.5, 0.6) is 0 Å². The number of aliphatic hydroxyl groups excluding tert-OH is 1. The van der Waals surface area contributed by atoms with Crippen LogP contribution in [-0.4, -0.2) is 63.3 Å². The normalized spacial score (nSPS) is 15.3. The molecule has 1 rings (SSSR count). The number of nitrogens with zero attached hydrogens (tertiary/aromatic N) is 2. The van der Waals surface area contributed by atoms with Crippen LogP contribution < -0.4 is 11.4 Å². The molecular weight excluding hydrogens is 600 g/mol. The average molecular weight is 656 g/mol. The van der Waals surface area contributed by atoms with Gasteiger partial charge in [-0.1, -0.05) is 103 Å². The summed E-state index contributed by atoms with van der Waals surface area (Å²) in [5, 5.41) is 9.45. The van der Waals surface area contributed by atoms with Gasteiger partial charge in [0, 0.05) is 12.8 Å². The zero-order valence-corrected chi connectivity index (χ0v) is 27.6. The van der Waals surface area contributed by atoms with Crippen LogP contribution in [-0.2, 0) is 34.0 Å². The number of phosphoric acid groups is 1. The fourth-order valence-electron chi connectivity index (χ4n) is 4.44. The van der Waals surface area contributed by atoms with Gasteiger partial charge in [0.15, 0.2) is 0 Å². The first-order valence-electron chi connectivity index (χ1n) is 15.7. The van der Waals surface area contributed by atoms with E-state index >= 15 is 0 Å².